The van der Waals surface area contributed by atoms with E-state index in [0.29, 0.717) is 6.42 Å². The van der Waals surface area contributed by atoms with E-state index in [0.717, 1.165) is 5.56 Å². The Morgan fingerprint density at radius 1 is 1.38 bits per heavy atom. The molecule has 1 aliphatic heterocycles. The van der Waals surface area contributed by atoms with Gasteiger partial charge >= 0.3 is 0 Å². The first-order valence-electron chi connectivity index (χ1n) is 4.31. The maximum atomic E-state index is 10.7. The highest BCUT2D eigenvalue weighted by Gasteiger charge is 2.26. The molecule has 0 bridgehead atoms. The van der Waals surface area contributed by atoms with Crippen LogP contribution in [0.1, 0.15) is 23.6 Å². The predicted octanol–water partition coefficient (Wildman–Crippen LogP) is 1.89. The zero-order valence-corrected chi connectivity index (χ0v) is 7.29. The minimum Gasteiger partial charge on any atom is -0.349 e. The van der Waals surface area contributed by atoms with Gasteiger partial charge in [0, 0.05) is 0 Å². The van der Waals surface area contributed by atoms with Crippen molar-refractivity contribution < 1.29 is 4.79 Å². The van der Waals surface area contributed by atoms with Crippen molar-refractivity contribution in [3.05, 3.63) is 42.0 Å². The molecule has 0 aromatic heterocycles. The molecule has 0 radical (unpaired) electrons. The lowest BCUT2D eigenvalue weighted by Gasteiger charge is -2.27. The predicted molar refractivity (Wildman–Crippen MR) is 52.0 cm³/mol. The van der Waals surface area contributed by atoms with Gasteiger partial charge in [0.15, 0.2) is 0 Å². The minimum atomic E-state index is 0.137. The summed E-state index contributed by atoms with van der Waals surface area (Å²) in [7, 11) is 0. The number of rotatable bonds is 2. The molecule has 1 aromatic carbocycles. The van der Waals surface area contributed by atoms with Crippen molar-refractivity contribution in [3.63, 3.8) is 0 Å². The maximum Gasteiger partial charge on any atom is 0.222 e. The zero-order chi connectivity index (χ0) is 9.26. The monoisotopic (exact) mass is 173 g/mol. The maximum absolute atomic E-state index is 10.7. The highest BCUT2D eigenvalue weighted by Crippen LogP contribution is 2.23. The number of carbonyl (C=O) groups excluding carboxylic acids is 1. The number of hydrogen-bond acceptors (Lipinski definition) is 1. The number of benzene rings is 1. The summed E-state index contributed by atoms with van der Waals surface area (Å²) in [4.78, 5) is 10.7. The summed E-state index contributed by atoms with van der Waals surface area (Å²) >= 11 is 0. The van der Waals surface area contributed by atoms with Crippen molar-refractivity contribution in [2.45, 2.75) is 12.5 Å². The van der Waals surface area contributed by atoms with Gasteiger partial charge in [-0.3, -0.25) is 4.79 Å². The second kappa shape index (κ2) is 3.05. The average Bonchev–Trinajstić information content (AvgIpc) is 2.13. The topological polar surface area (TPSA) is 29.1 Å². The molecule has 0 aliphatic carbocycles. The fourth-order valence-electron chi connectivity index (χ4n) is 1.42. The molecule has 2 rings (SSSR count). The Bertz CT molecular complexity index is 332. The number of nitrogens with one attached hydrogen (secondary N) is 1. The summed E-state index contributed by atoms with van der Waals surface area (Å²) in [5, 5.41) is 2.83. The molecule has 1 saturated heterocycles. The third-order valence-electron chi connectivity index (χ3n) is 2.30. The summed E-state index contributed by atoms with van der Waals surface area (Å²) < 4.78 is 0. The summed E-state index contributed by atoms with van der Waals surface area (Å²) in [5.74, 6) is 0.137. The molecular formula is C11H11NO. The van der Waals surface area contributed by atoms with Crippen LogP contribution in [0.3, 0.4) is 0 Å². The first-order valence-corrected chi connectivity index (χ1v) is 4.31. The lowest BCUT2D eigenvalue weighted by atomic mass is 9.96. The van der Waals surface area contributed by atoms with Gasteiger partial charge < -0.3 is 5.32 Å². The van der Waals surface area contributed by atoms with Crippen LogP contribution in [0, 0.1) is 0 Å². The molecular weight excluding hydrogens is 162 g/mol. The number of hydrogen-bond donors (Lipinski definition) is 1. The molecule has 0 spiro atoms. The van der Waals surface area contributed by atoms with E-state index in [9.17, 15) is 4.79 Å². The van der Waals surface area contributed by atoms with Crippen LogP contribution in [0.2, 0.25) is 0 Å². The van der Waals surface area contributed by atoms with Gasteiger partial charge in [0.2, 0.25) is 5.91 Å². The van der Waals surface area contributed by atoms with Gasteiger partial charge in [-0.15, -0.1) is 0 Å². The SMILES string of the molecule is C=Cc1ccc(C2CC(=O)N2)cc1. The van der Waals surface area contributed by atoms with Crippen molar-refractivity contribution in [1.29, 1.82) is 0 Å². The van der Waals surface area contributed by atoms with Crippen LogP contribution in [0.5, 0.6) is 0 Å². The summed E-state index contributed by atoms with van der Waals surface area (Å²) in [6.45, 7) is 3.68. The lowest BCUT2D eigenvalue weighted by Crippen LogP contribution is -2.41. The second-order valence-corrected chi connectivity index (χ2v) is 3.20. The van der Waals surface area contributed by atoms with E-state index in [2.05, 4.69) is 11.9 Å². The number of β-lactam (4-membered cyclic amide) rings is 1. The van der Waals surface area contributed by atoms with E-state index in [1.165, 1.54) is 5.56 Å². The van der Waals surface area contributed by atoms with Gasteiger partial charge in [0.05, 0.1) is 12.5 Å². The van der Waals surface area contributed by atoms with Crippen molar-refractivity contribution in [2.75, 3.05) is 0 Å². The quantitative estimate of drug-likeness (QED) is 0.680. The molecule has 2 nitrogen and oxygen atoms in total. The number of amides is 1. The highest BCUT2D eigenvalue weighted by atomic mass is 16.2. The third-order valence-corrected chi connectivity index (χ3v) is 2.30. The van der Waals surface area contributed by atoms with E-state index >= 15 is 0 Å². The van der Waals surface area contributed by atoms with Crippen LogP contribution in [-0.2, 0) is 4.79 Å². The van der Waals surface area contributed by atoms with Crippen molar-refractivity contribution in [1.82, 2.24) is 5.32 Å². The van der Waals surface area contributed by atoms with E-state index in [-0.39, 0.29) is 11.9 Å². The van der Waals surface area contributed by atoms with Gasteiger partial charge in [0.1, 0.15) is 0 Å². The third kappa shape index (κ3) is 1.47. The first kappa shape index (κ1) is 8.05. The van der Waals surface area contributed by atoms with Gasteiger partial charge in [-0.1, -0.05) is 36.9 Å². The minimum absolute atomic E-state index is 0.137. The Hall–Kier alpha value is -1.57. The molecule has 1 unspecified atom stereocenters. The Morgan fingerprint density at radius 2 is 2.00 bits per heavy atom. The van der Waals surface area contributed by atoms with Crippen LogP contribution in [-0.4, -0.2) is 5.91 Å². The average molecular weight is 173 g/mol. The van der Waals surface area contributed by atoms with Gasteiger partial charge in [-0.25, -0.2) is 0 Å². The second-order valence-electron chi connectivity index (χ2n) is 3.20. The smallest absolute Gasteiger partial charge is 0.222 e. The van der Waals surface area contributed by atoms with Gasteiger partial charge in [-0.2, -0.15) is 0 Å². The zero-order valence-electron chi connectivity index (χ0n) is 7.29. The largest absolute Gasteiger partial charge is 0.349 e. The fourth-order valence-corrected chi connectivity index (χ4v) is 1.42. The van der Waals surface area contributed by atoms with Gasteiger partial charge in [-0.05, 0) is 11.1 Å². The Balaban J connectivity index is 2.14. The summed E-state index contributed by atoms with van der Waals surface area (Å²) in [5.41, 5.74) is 2.28. The van der Waals surface area contributed by atoms with Crippen LogP contribution in [0.25, 0.3) is 6.08 Å². The summed E-state index contributed by atoms with van der Waals surface area (Å²) in [6, 6.07) is 8.30. The highest BCUT2D eigenvalue weighted by molar-refractivity contribution is 5.83. The summed E-state index contributed by atoms with van der Waals surface area (Å²) in [6.07, 6.45) is 2.43. The molecule has 1 fully saturated rings. The Labute approximate surface area is 77.3 Å². The number of carbonyl (C=O) groups is 1. The fraction of sp³-hybridized carbons (Fsp3) is 0.182. The molecule has 1 N–H and O–H groups in total. The van der Waals surface area contributed by atoms with Crippen LogP contribution in [0.15, 0.2) is 30.8 Å². The Kier molecular flexibility index (Phi) is 1.89. The van der Waals surface area contributed by atoms with Crippen molar-refractivity contribution in [2.24, 2.45) is 0 Å². The van der Waals surface area contributed by atoms with E-state index < -0.39 is 0 Å². The van der Waals surface area contributed by atoms with E-state index in [1.807, 2.05) is 30.3 Å². The molecule has 0 saturated carbocycles. The molecule has 1 atom stereocenters. The van der Waals surface area contributed by atoms with Crippen LogP contribution in [0.4, 0.5) is 0 Å². The van der Waals surface area contributed by atoms with Gasteiger partial charge in [0.25, 0.3) is 0 Å². The molecule has 1 amide bonds. The van der Waals surface area contributed by atoms with Crippen molar-refractivity contribution in [3.8, 4) is 0 Å². The lowest BCUT2D eigenvalue weighted by molar-refractivity contribution is -0.128. The van der Waals surface area contributed by atoms with Crippen LogP contribution >= 0.6 is 0 Å². The van der Waals surface area contributed by atoms with E-state index in [4.69, 9.17) is 0 Å². The standard InChI is InChI=1S/C11H11NO/c1-2-8-3-5-9(6-4-8)10-7-11(13)12-10/h2-6,10H,1,7H2,(H,12,13). The molecule has 2 heteroatoms. The molecule has 1 aromatic rings. The molecule has 1 aliphatic rings. The Morgan fingerprint density at radius 3 is 2.46 bits per heavy atom. The molecule has 66 valence electrons. The normalized spacial score (nSPS) is 20.3. The van der Waals surface area contributed by atoms with Crippen LogP contribution < -0.4 is 5.32 Å². The van der Waals surface area contributed by atoms with E-state index in [1.54, 1.807) is 0 Å². The molecule has 1 heterocycles. The van der Waals surface area contributed by atoms with Crippen molar-refractivity contribution >= 4 is 12.0 Å². The molecule has 13 heavy (non-hydrogen) atoms. The first-order chi connectivity index (χ1) is 6.29.